The van der Waals surface area contributed by atoms with Gasteiger partial charge in [0.1, 0.15) is 0 Å². The minimum atomic E-state index is -0.0878. The highest BCUT2D eigenvalue weighted by atomic mass is 35.5. The molecule has 0 atom stereocenters. The minimum Gasteiger partial charge on any atom is -0.493 e. The van der Waals surface area contributed by atoms with E-state index in [9.17, 15) is 4.79 Å². The smallest absolute Gasteiger partial charge is 0.234 e. The Morgan fingerprint density at radius 2 is 1.91 bits per heavy atom. The Kier molecular flexibility index (Phi) is 6.19. The van der Waals surface area contributed by atoms with Crippen LogP contribution in [-0.2, 0) is 4.79 Å². The van der Waals surface area contributed by atoms with Crippen LogP contribution in [0.15, 0.2) is 41.3 Å². The normalized spacial score (nSPS) is 10.3. The molecular formula is C17H18ClNO3S. The Bertz CT molecular complexity index is 706. The molecule has 0 aromatic heterocycles. The van der Waals surface area contributed by atoms with Gasteiger partial charge in [0, 0.05) is 15.6 Å². The topological polar surface area (TPSA) is 47.6 Å². The predicted octanol–water partition coefficient (Wildman–Crippen LogP) is 4.40. The first kappa shape index (κ1) is 17.5. The van der Waals surface area contributed by atoms with Gasteiger partial charge in [-0.1, -0.05) is 17.7 Å². The van der Waals surface area contributed by atoms with Crippen LogP contribution in [0.25, 0.3) is 0 Å². The van der Waals surface area contributed by atoms with E-state index in [2.05, 4.69) is 5.32 Å². The van der Waals surface area contributed by atoms with Crippen LogP contribution >= 0.6 is 23.4 Å². The summed E-state index contributed by atoms with van der Waals surface area (Å²) in [7, 11) is 3.17. The van der Waals surface area contributed by atoms with Crippen LogP contribution in [-0.4, -0.2) is 25.9 Å². The Morgan fingerprint density at radius 1 is 1.17 bits per heavy atom. The molecule has 2 rings (SSSR count). The van der Waals surface area contributed by atoms with Gasteiger partial charge in [0.25, 0.3) is 0 Å². The minimum absolute atomic E-state index is 0.0878. The number of ether oxygens (including phenoxy) is 2. The molecule has 23 heavy (non-hydrogen) atoms. The van der Waals surface area contributed by atoms with Gasteiger partial charge < -0.3 is 14.8 Å². The molecule has 2 aromatic rings. The predicted molar refractivity (Wildman–Crippen MR) is 95.1 cm³/mol. The zero-order valence-electron chi connectivity index (χ0n) is 13.2. The van der Waals surface area contributed by atoms with E-state index in [0.29, 0.717) is 22.3 Å². The molecule has 122 valence electrons. The lowest BCUT2D eigenvalue weighted by molar-refractivity contribution is -0.113. The Hall–Kier alpha value is -1.85. The van der Waals surface area contributed by atoms with Gasteiger partial charge in [-0.2, -0.15) is 0 Å². The molecule has 0 aliphatic rings. The monoisotopic (exact) mass is 351 g/mol. The lowest BCUT2D eigenvalue weighted by atomic mass is 10.2. The quantitative estimate of drug-likeness (QED) is 0.784. The van der Waals surface area contributed by atoms with Gasteiger partial charge in [0.15, 0.2) is 11.5 Å². The zero-order chi connectivity index (χ0) is 16.8. The Balaban J connectivity index is 1.98. The number of methoxy groups -OCH3 is 2. The van der Waals surface area contributed by atoms with Crippen LogP contribution in [0, 0.1) is 6.92 Å². The van der Waals surface area contributed by atoms with E-state index in [1.165, 1.54) is 11.8 Å². The van der Waals surface area contributed by atoms with E-state index in [-0.39, 0.29) is 5.91 Å². The van der Waals surface area contributed by atoms with E-state index in [1.54, 1.807) is 20.3 Å². The summed E-state index contributed by atoms with van der Waals surface area (Å²) in [5.41, 5.74) is 1.59. The molecule has 0 saturated carbocycles. The molecule has 0 aliphatic carbocycles. The van der Waals surface area contributed by atoms with Gasteiger partial charge in [0.05, 0.1) is 20.0 Å². The average Bonchev–Trinajstić information content (AvgIpc) is 2.56. The van der Waals surface area contributed by atoms with Gasteiger partial charge in [-0.05, 0) is 42.8 Å². The van der Waals surface area contributed by atoms with Gasteiger partial charge in [0.2, 0.25) is 5.91 Å². The van der Waals surface area contributed by atoms with Crippen molar-refractivity contribution in [2.75, 3.05) is 25.3 Å². The molecule has 0 saturated heterocycles. The van der Waals surface area contributed by atoms with Crippen molar-refractivity contribution in [1.82, 2.24) is 0 Å². The van der Waals surface area contributed by atoms with Crippen molar-refractivity contribution in [3.8, 4) is 11.5 Å². The summed E-state index contributed by atoms with van der Waals surface area (Å²) in [6.07, 6.45) is 0. The molecule has 6 heteroatoms. The first-order chi connectivity index (χ1) is 11.0. The molecule has 1 N–H and O–H groups in total. The molecule has 0 fully saturated rings. The molecule has 0 heterocycles. The summed E-state index contributed by atoms with van der Waals surface area (Å²) in [6, 6.07) is 11.0. The molecule has 0 radical (unpaired) electrons. The van der Waals surface area contributed by atoms with E-state index < -0.39 is 0 Å². The van der Waals surface area contributed by atoms with Crippen molar-refractivity contribution in [2.45, 2.75) is 11.8 Å². The number of hydrogen-bond donors (Lipinski definition) is 1. The SMILES string of the molecule is COc1ccc(SCC(=O)Nc2cccc(Cl)c2C)cc1OC. The fourth-order valence-corrected chi connectivity index (χ4v) is 2.88. The highest BCUT2D eigenvalue weighted by Gasteiger charge is 2.09. The number of thioether (sulfide) groups is 1. The largest absolute Gasteiger partial charge is 0.493 e. The Labute approximate surface area is 145 Å². The maximum atomic E-state index is 12.1. The fourth-order valence-electron chi connectivity index (χ4n) is 1.98. The summed E-state index contributed by atoms with van der Waals surface area (Å²) in [6.45, 7) is 1.87. The number of benzene rings is 2. The highest BCUT2D eigenvalue weighted by Crippen LogP contribution is 2.32. The number of halogens is 1. The first-order valence-corrected chi connectivity index (χ1v) is 8.31. The van der Waals surface area contributed by atoms with Crippen LogP contribution in [0.5, 0.6) is 11.5 Å². The van der Waals surface area contributed by atoms with E-state index in [4.69, 9.17) is 21.1 Å². The van der Waals surface area contributed by atoms with E-state index in [0.717, 1.165) is 16.1 Å². The number of carbonyl (C=O) groups is 1. The number of hydrogen-bond acceptors (Lipinski definition) is 4. The van der Waals surface area contributed by atoms with Crippen molar-refractivity contribution >= 4 is 35.0 Å². The van der Waals surface area contributed by atoms with Gasteiger partial charge in [-0.15, -0.1) is 11.8 Å². The van der Waals surface area contributed by atoms with Crippen molar-refractivity contribution in [1.29, 1.82) is 0 Å². The second-order valence-corrected chi connectivity index (χ2v) is 6.22. The molecule has 0 bridgehead atoms. The summed E-state index contributed by atoms with van der Waals surface area (Å²) >= 11 is 7.48. The molecule has 2 aromatic carbocycles. The summed E-state index contributed by atoms with van der Waals surface area (Å²) in [5, 5.41) is 3.51. The summed E-state index contributed by atoms with van der Waals surface area (Å²) in [4.78, 5) is 13.0. The maximum absolute atomic E-state index is 12.1. The van der Waals surface area contributed by atoms with Crippen molar-refractivity contribution in [3.05, 3.63) is 47.0 Å². The Morgan fingerprint density at radius 3 is 2.61 bits per heavy atom. The van der Waals surface area contributed by atoms with E-state index in [1.807, 2.05) is 37.3 Å². The summed E-state index contributed by atoms with van der Waals surface area (Å²) < 4.78 is 10.4. The third-order valence-electron chi connectivity index (χ3n) is 3.27. The summed E-state index contributed by atoms with van der Waals surface area (Å²) in [5.74, 6) is 1.51. The van der Waals surface area contributed by atoms with Gasteiger partial charge >= 0.3 is 0 Å². The van der Waals surface area contributed by atoms with Crippen LogP contribution in [0.3, 0.4) is 0 Å². The third kappa shape index (κ3) is 4.56. The molecule has 0 spiro atoms. The lowest BCUT2D eigenvalue weighted by Gasteiger charge is -2.11. The fraction of sp³-hybridized carbons (Fsp3) is 0.235. The molecule has 0 unspecified atom stereocenters. The highest BCUT2D eigenvalue weighted by molar-refractivity contribution is 8.00. The molecule has 4 nitrogen and oxygen atoms in total. The van der Waals surface area contributed by atoms with Crippen molar-refractivity contribution < 1.29 is 14.3 Å². The van der Waals surface area contributed by atoms with Crippen LogP contribution in [0.4, 0.5) is 5.69 Å². The first-order valence-electron chi connectivity index (χ1n) is 6.95. The van der Waals surface area contributed by atoms with Gasteiger partial charge in [-0.3, -0.25) is 4.79 Å². The van der Waals surface area contributed by atoms with Crippen molar-refractivity contribution in [3.63, 3.8) is 0 Å². The molecule has 1 amide bonds. The van der Waals surface area contributed by atoms with E-state index >= 15 is 0 Å². The van der Waals surface area contributed by atoms with Crippen LogP contribution in [0.2, 0.25) is 5.02 Å². The second kappa shape index (κ2) is 8.13. The molecule has 0 aliphatic heterocycles. The number of anilines is 1. The zero-order valence-corrected chi connectivity index (χ0v) is 14.8. The number of amides is 1. The standard InChI is InChI=1S/C17H18ClNO3S/c1-11-13(18)5-4-6-14(11)19-17(20)10-23-12-7-8-15(21-2)16(9-12)22-3/h4-9H,10H2,1-3H3,(H,19,20). The van der Waals surface area contributed by atoms with Crippen LogP contribution in [0.1, 0.15) is 5.56 Å². The maximum Gasteiger partial charge on any atom is 0.234 e. The number of rotatable bonds is 6. The lowest BCUT2D eigenvalue weighted by Crippen LogP contribution is -2.14. The van der Waals surface area contributed by atoms with Crippen molar-refractivity contribution in [2.24, 2.45) is 0 Å². The molecular weight excluding hydrogens is 334 g/mol. The number of carbonyl (C=O) groups excluding carboxylic acids is 1. The average molecular weight is 352 g/mol. The number of nitrogens with one attached hydrogen (secondary N) is 1. The second-order valence-electron chi connectivity index (χ2n) is 4.77. The van der Waals surface area contributed by atoms with Crippen LogP contribution < -0.4 is 14.8 Å². The van der Waals surface area contributed by atoms with Gasteiger partial charge in [-0.25, -0.2) is 0 Å². The third-order valence-corrected chi connectivity index (χ3v) is 4.67.